The molecule has 0 bridgehead atoms. The lowest BCUT2D eigenvalue weighted by atomic mass is 10.2. The molecule has 0 aliphatic rings. The summed E-state index contributed by atoms with van der Waals surface area (Å²) < 4.78 is 24.3. The number of rotatable bonds is 9. The molecular formula is C22H24FNO3. The molecule has 27 heavy (non-hydrogen) atoms. The Bertz CT molecular complexity index is 818. The molecule has 0 spiro atoms. The minimum Gasteiger partial charge on any atom is -0.491 e. The van der Waals surface area contributed by atoms with Gasteiger partial charge in [-0.15, -0.1) is 0 Å². The Kier molecular flexibility index (Phi) is 6.63. The van der Waals surface area contributed by atoms with E-state index < -0.39 is 6.10 Å². The molecule has 1 unspecified atom stereocenters. The smallest absolute Gasteiger partial charge is 0.123 e. The van der Waals surface area contributed by atoms with Crippen LogP contribution in [0.3, 0.4) is 0 Å². The van der Waals surface area contributed by atoms with E-state index in [0.717, 1.165) is 22.6 Å². The highest BCUT2D eigenvalue weighted by atomic mass is 19.1. The minimum absolute atomic E-state index is 0.197. The Hall–Kier alpha value is -2.63. The SMILES string of the molecule is Cc1ccccc1OCC(O)CN(Cc1ccc(F)cc1)Cc1ccco1. The summed E-state index contributed by atoms with van der Waals surface area (Å²) in [4.78, 5) is 2.05. The van der Waals surface area contributed by atoms with Crippen LogP contribution in [0.4, 0.5) is 4.39 Å². The Morgan fingerprint density at radius 1 is 1.04 bits per heavy atom. The van der Waals surface area contributed by atoms with Crippen molar-refractivity contribution in [2.75, 3.05) is 13.2 Å². The second kappa shape index (κ2) is 9.35. The van der Waals surface area contributed by atoms with E-state index in [0.29, 0.717) is 19.6 Å². The normalized spacial score (nSPS) is 12.3. The van der Waals surface area contributed by atoms with Gasteiger partial charge in [0.05, 0.1) is 12.8 Å². The molecule has 1 heterocycles. The fourth-order valence-electron chi connectivity index (χ4n) is 2.91. The molecule has 5 heteroatoms. The molecule has 142 valence electrons. The van der Waals surface area contributed by atoms with Crippen molar-refractivity contribution in [2.24, 2.45) is 0 Å². The number of ether oxygens (including phenoxy) is 1. The first-order chi connectivity index (χ1) is 13.1. The second-order valence-corrected chi connectivity index (χ2v) is 6.61. The lowest BCUT2D eigenvalue weighted by molar-refractivity contribution is 0.0602. The molecule has 0 saturated heterocycles. The van der Waals surface area contributed by atoms with Crippen molar-refractivity contribution < 1.29 is 18.7 Å². The fourth-order valence-corrected chi connectivity index (χ4v) is 2.91. The number of nitrogens with zero attached hydrogens (tertiary/aromatic N) is 1. The maximum atomic E-state index is 13.1. The van der Waals surface area contributed by atoms with Crippen molar-refractivity contribution >= 4 is 0 Å². The number of furan rings is 1. The van der Waals surface area contributed by atoms with E-state index in [1.165, 1.54) is 12.1 Å². The molecule has 1 atom stereocenters. The Balaban J connectivity index is 1.61. The number of aryl methyl sites for hydroxylation is 1. The number of halogens is 1. The molecule has 0 aliphatic heterocycles. The third kappa shape index (κ3) is 5.94. The van der Waals surface area contributed by atoms with Gasteiger partial charge < -0.3 is 14.3 Å². The maximum Gasteiger partial charge on any atom is 0.123 e. The molecule has 4 nitrogen and oxygen atoms in total. The van der Waals surface area contributed by atoms with Gasteiger partial charge in [-0.2, -0.15) is 0 Å². The van der Waals surface area contributed by atoms with E-state index in [2.05, 4.69) is 4.90 Å². The largest absolute Gasteiger partial charge is 0.491 e. The summed E-state index contributed by atoms with van der Waals surface area (Å²) in [6, 6.07) is 17.8. The summed E-state index contributed by atoms with van der Waals surface area (Å²) in [5.41, 5.74) is 2.00. The molecule has 3 rings (SSSR count). The molecular weight excluding hydrogens is 345 g/mol. The number of hydrogen-bond acceptors (Lipinski definition) is 4. The van der Waals surface area contributed by atoms with Gasteiger partial charge in [-0.3, -0.25) is 4.90 Å². The third-order valence-corrected chi connectivity index (χ3v) is 4.27. The first-order valence-electron chi connectivity index (χ1n) is 8.96. The number of aliphatic hydroxyl groups excluding tert-OH is 1. The monoisotopic (exact) mass is 369 g/mol. The maximum absolute atomic E-state index is 13.1. The van der Waals surface area contributed by atoms with Crippen LogP contribution in [-0.4, -0.2) is 29.3 Å². The third-order valence-electron chi connectivity index (χ3n) is 4.27. The van der Waals surface area contributed by atoms with Crippen molar-refractivity contribution in [1.82, 2.24) is 4.90 Å². The highest BCUT2D eigenvalue weighted by molar-refractivity contribution is 5.31. The van der Waals surface area contributed by atoms with Crippen LogP contribution in [-0.2, 0) is 13.1 Å². The van der Waals surface area contributed by atoms with Gasteiger partial charge in [0.15, 0.2) is 0 Å². The number of hydrogen-bond donors (Lipinski definition) is 1. The Labute approximate surface area is 158 Å². The molecule has 1 aromatic heterocycles. The van der Waals surface area contributed by atoms with E-state index in [-0.39, 0.29) is 12.4 Å². The summed E-state index contributed by atoms with van der Waals surface area (Å²) >= 11 is 0. The molecule has 0 amide bonds. The van der Waals surface area contributed by atoms with Crippen molar-refractivity contribution in [3.05, 3.63) is 89.6 Å². The van der Waals surface area contributed by atoms with Gasteiger partial charge in [0.2, 0.25) is 0 Å². The van der Waals surface area contributed by atoms with Gasteiger partial charge in [-0.1, -0.05) is 30.3 Å². The van der Waals surface area contributed by atoms with Crippen molar-refractivity contribution in [3.63, 3.8) is 0 Å². The van der Waals surface area contributed by atoms with Crippen molar-refractivity contribution in [3.8, 4) is 5.75 Å². The predicted octanol–water partition coefficient (Wildman–Crippen LogP) is 4.17. The Morgan fingerprint density at radius 3 is 2.52 bits per heavy atom. The molecule has 0 fully saturated rings. The zero-order chi connectivity index (χ0) is 19.1. The van der Waals surface area contributed by atoms with Gasteiger partial charge in [0, 0.05) is 13.1 Å². The predicted molar refractivity (Wildman–Crippen MR) is 102 cm³/mol. The topological polar surface area (TPSA) is 45.8 Å². The summed E-state index contributed by atoms with van der Waals surface area (Å²) in [6.07, 6.45) is 0.961. The first kappa shape index (κ1) is 19.1. The van der Waals surface area contributed by atoms with Crippen LogP contribution in [0.15, 0.2) is 71.3 Å². The zero-order valence-electron chi connectivity index (χ0n) is 15.3. The number of aliphatic hydroxyl groups is 1. The van der Waals surface area contributed by atoms with Gasteiger partial charge >= 0.3 is 0 Å². The van der Waals surface area contributed by atoms with Gasteiger partial charge in [0.1, 0.15) is 30.0 Å². The minimum atomic E-state index is -0.667. The average Bonchev–Trinajstić information content (AvgIpc) is 3.16. The highest BCUT2D eigenvalue weighted by Gasteiger charge is 2.15. The lowest BCUT2D eigenvalue weighted by Crippen LogP contribution is -2.35. The van der Waals surface area contributed by atoms with Crippen LogP contribution in [0.5, 0.6) is 5.75 Å². The van der Waals surface area contributed by atoms with Gasteiger partial charge in [0.25, 0.3) is 0 Å². The fraction of sp³-hybridized carbons (Fsp3) is 0.273. The summed E-state index contributed by atoms with van der Waals surface area (Å²) in [7, 11) is 0. The van der Waals surface area contributed by atoms with Gasteiger partial charge in [-0.25, -0.2) is 4.39 Å². The highest BCUT2D eigenvalue weighted by Crippen LogP contribution is 2.17. The van der Waals surface area contributed by atoms with Crippen molar-refractivity contribution in [2.45, 2.75) is 26.1 Å². The van der Waals surface area contributed by atoms with E-state index in [9.17, 15) is 9.50 Å². The molecule has 0 radical (unpaired) electrons. The summed E-state index contributed by atoms with van der Waals surface area (Å²) in [5.74, 6) is 1.32. The first-order valence-corrected chi connectivity index (χ1v) is 8.96. The van der Waals surface area contributed by atoms with Crippen LogP contribution in [0.1, 0.15) is 16.9 Å². The molecule has 3 aromatic rings. The van der Waals surface area contributed by atoms with Crippen molar-refractivity contribution in [1.29, 1.82) is 0 Å². The quantitative estimate of drug-likeness (QED) is 0.615. The van der Waals surface area contributed by atoms with Crippen LogP contribution in [0, 0.1) is 12.7 Å². The molecule has 0 saturated carbocycles. The molecule has 2 aromatic carbocycles. The number of para-hydroxylation sites is 1. The summed E-state index contributed by atoms with van der Waals surface area (Å²) in [5, 5.41) is 10.5. The summed E-state index contributed by atoms with van der Waals surface area (Å²) in [6.45, 7) is 3.69. The van der Waals surface area contributed by atoms with E-state index in [1.54, 1.807) is 18.4 Å². The van der Waals surface area contributed by atoms with Crippen LogP contribution < -0.4 is 4.74 Å². The number of benzene rings is 2. The lowest BCUT2D eigenvalue weighted by Gasteiger charge is -2.24. The Morgan fingerprint density at radius 2 is 1.81 bits per heavy atom. The van der Waals surface area contributed by atoms with E-state index in [4.69, 9.17) is 9.15 Å². The van der Waals surface area contributed by atoms with E-state index in [1.807, 2.05) is 43.3 Å². The molecule has 0 aliphatic carbocycles. The second-order valence-electron chi connectivity index (χ2n) is 6.61. The van der Waals surface area contributed by atoms with Crippen LogP contribution in [0.25, 0.3) is 0 Å². The standard InChI is InChI=1S/C22H24FNO3/c1-17-5-2-3-7-22(17)27-16-20(25)14-24(15-21-6-4-12-26-21)13-18-8-10-19(23)11-9-18/h2-12,20,25H,13-16H2,1H3. The molecule has 1 N–H and O–H groups in total. The van der Waals surface area contributed by atoms with Gasteiger partial charge in [-0.05, 0) is 48.4 Å². The van der Waals surface area contributed by atoms with Crippen LogP contribution in [0.2, 0.25) is 0 Å². The zero-order valence-corrected chi connectivity index (χ0v) is 15.3. The van der Waals surface area contributed by atoms with E-state index >= 15 is 0 Å². The van der Waals surface area contributed by atoms with Crippen LogP contribution >= 0.6 is 0 Å². The average molecular weight is 369 g/mol.